The van der Waals surface area contributed by atoms with E-state index in [2.05, 4.69) is 15.6 Å². The summed E-state index contributed by atoms with van der Waals surface area (Å²) in [5.41, 5.74) is -0.435. The number of benzene rings is 1. The van der Waals surface area contributed by atoms with Crippen LogP contribution in [0.25, 0.3) is 0 Å². The molecule has 3 rings (SSSR count). The maximum absolute atomic E-state index is 12.6. The number of carbonyl (C=O) groups is 2. The summed E-state index contributed by atoms with van der Waals surface area (Å²) in [5, 5.41) is 5.91. The molecule has 0 spiro atoms. The van der Waals surface area contributed by atoms with E-state index >= 15 is 0 Å². The van der Waals surface area contributed by atoms with Gasteiger partial charge in [0.1, 0.15) is 5.75 Å². The molecule has 172 valence electrons. The van der Waals surface area contributed by atoms with Crippen LogP contribution in [0.5, 0.6) is 11.6 Å². The fourth-order valence-corrected chi connectivity index (χ4v) is 3.63. The van der Waals surface area contributed by atoms with Gasteiger partial charge in [-0.15, -0.1) is 0 Å². The van der Waals surface area contributed by atoms with Crippen molar-refractivity contribution in [1.82, 2.24) is 15.6 Å². The molecule has 1 saturated carbocycles. The maximum atomic E-state index is 12.6. The van der Waals surface area contributed by atoms with Crippen molar-refractivity contribution in [2.45, 2.75) is 57.8 Å². The maximum Gasteiger partial charge on any atom is 0.417 e. The van der Waals surface area contributed by atoms with Crippen molar-refractivity contribution in [3.8, 4) is 11.6 Å². The van der Waals surface area contributed by atoms with Crippen molar-refractivity contribution < 1.29 is 27.5 Å². The first-order valence-electron chi connectivity index (χ1n) is 10.5. The molecule has 1 aromatic carbocycles. The van der Waals surface area contributed by atoms with Gasteiger partial charge in [-0.3, -0.25) is 9.59 Å². The molecule has 0 radical (unpaired) electrons. The largest absolute Gasteiger partial charge is 0.439 e. The monoisotopic (exact) mass is 449 g/mol. The predicted molar refractivity (Wildman–Crippen MR) is 112 cm³/mol. The van der Waals surface area contributed by atoms with Crippen LogP contribution >= 0.6 is 0 Å². The van der Waals surface area contributed by atoms with Crippen LogP contribution in [0, 0.1) is 5.92 Å². The van der Waals surface area contributed by atoms with Crippen LogP contribution in [0.1, 0.15) is 55.5 Å². The highest BCUT2D eigenvalue weighted by molar-refractivity contribution is 5.94. The molecular formula is C23H26F3N3O3. The lowest BCUT2D eigenvalue weighted by atomic mass is 9.85. The van der Waals surface area contributed by atoms with E-state index in [0.29, 0.717) is 23.9 Å². The summed E-state index contributed by atoms with van der Waals surface area (Å²) >= 11 is 0. The van der Waals surface area contributed by atoms with Crippen LogP contribution < -0.4 is 15.4 Å². The number of alkyl halides is 3. The zero-order valence-corrected chi connectivity index (χ0v) is 17.9. The van der Waals surface area contributed by atoms with Gasteiger partial charge in [-0.2, -0.15) is 13.2 Å². The van der Waals surface area contributed by atoms with E-state index in [-0.39, 0.29) is 35.7 Å². The SMILES string of the molecule is CC(C)NC(=O)C1CCCC(NC(=O)c2ccc(Oc3ccc(C(F)(F)F)cn3)cc2)C1. The third-order valence-electron chi connectivity index (χ3n) is 5.21. The standard InChI is InChI=1S/C23H26F3N3O3/c1-14(2)28-22(31)16-4-3-5-18(12-16)29-21(30)15-6-9-19(10-7-15)32-20-11-8-17(13-27-20)23(24,25)26/h6-11,13-14,16,18H,3-5,12H2,1-2H3,(H,28,31)(H,29,30). The van der Waals surface area contributed by atoms with Crippen molar-refractivity contribution in [2.75, 3.05) is 0 Å². The third kappa shape index (κ3) is 6.45. The minimum Gasteiger partial charge on any atom is -0.439 e. The fraction of sp³-hybridized carbons (Fsp3) is 0.435. The number of hydrogen-bond donors (Lipinski definition) is 2. The molecule has 1 aromatic heterocycles. The molecule has 2 unspecified atom stereocenters. The first-order valence-corrected chi connectivity index (χ1v) is 10.5. The Kier molecular flexibility index (Phi) is 7.37. The van der Waals surface area contributed by atoms with Crippen LogP contribution in [0.3, 0.4) is 0 Å². The Labute approximate surface area is 184 Å². The number of carbonyl (C=O) groups excluding carboxylic acids is 2. The summed E-state index contributed by atoms with van der Waals surface area (Å²) in [5.74, 6) is 0.0277. The number of hydrogen-bond acceptors (Lipinski definition) is 4. The molecule has 6 nitrogen and oxygen atoms in total. The van der Waals surface area contributed by atoms with Gasteiger partial charge in [0.2, 0.25) is 11.8 Å². The van der Waals surface area contributed by atoms with Crippen molar-refractivity contribution in [3.63, 3.8) is 0 Å². The lowest BCUT2D eigenvalue weighted by Gasteiger charge is -2.29. The van der Waals surface area contributed by atoms with Gasteiger partial charge < -0.3 is 15.4 Å². The number of nitrogens with zero attached hydrogens (tertiary/aromatic N) is 1. The second kappa shape index (κ2) is 10.0. The smallest absolute Gasteiger partial charge is 0.417 e. The van der Waals surface area contributed by atoms with Crippen LogP contribution in [0.4, 0.5) is 13.2 Å². The van der Waals surface area contributed by atoms with Crippen molar-refractivity contribution in [1.29, 1.82) is 0 Å². The normalized spacial score (nSPS) is 18.8. The molecule has 0 aliphatic heterocycles. The molecule has 1 aliphatic rings. The van der Waals surface area contributed by atoms with Gasteiger partial charge in [-0.1, -0.05) is 6.42 Å². The minimum atomic E-state index is -4.46. The Morgan fingerprint density at radius 3 is 2.41 bits per heavy atom. The molecule has 2 atom stereocenters. The zero-order chi connectivity index (χ0) is 23.3. The van der Waals surface area contributed by atoms with Gasteiger partial charge in [-0.25, -0.2) is 4.98 Å². The summed E-state index contributed by atoms with van der Waals surface area (Å²) in [6.07, 6.45) is -0.654. The average molecular weight is 449 g/mol. The molecule has 2 N–H and O–H groups in total. The Bertz CT molecular complexity index is 928. The fourth-order valence-electron chi connectivity index (χ4n) is 3.63. The Balaban J connectivity index is 1.55. The van der Waals surface area contributed by atoms with E-state index in [4.69, 9.17) is 4.74 Å². The first-order chi connectivity index (χ1) is 15.1. The van der Waals surface area contributed by atoms with E-state index in [9.17, 15) is 22.8 Å². The Hall–Kier alpha value is -3.10. The number of ether oxygens (including phenoxy) is 1. The number of rotatable bonds is 6. The van der Waals surface area contributed by atoms with Crippen LogP contribution in [0.2, 0.25) is 0 Å². The third-order valence-corrected chi connectivity index (χ3v) is 5.21. The lowest BCUT2D eigenvalue weighted by Crippen LogP contribution is -2.43. The van der Waals surface area contributed by atoms with E-state index in [1.54, 1.807) is 24.3 Å². The van der Waals surface area contributed by atoms with Gasteiger partial charge >= 0.3 is 6.18 Å². The highest BCUT2D eigenvalue weighted by Gasteiger charge is 2.31. The van der Waals surface area contributed by atoms with Gasteiger partial charge in [0.15, 0.2) is 0 Å². The summed E-state index contributed by atoms with van der Waals surface area (Å²) in [4.78, 5) is 28.5. The lowest BCUT2D eigenvalue weighted by molar-refractivity contribution is -0.137. The quantitative estimate of drug-likeness (QED) is 0.670. The van der Waals surface area contributed by atoms with Crippen molar-refractivity contribution in [3.05, 3.63) is 53.7 Å². The molecule has 0 bridgehead atoms. The summed E-state index contributed by atoms with van der Waals surface area (Å²) in [7, 11) is 0. The molecule has 9 heteroatoms. The number of nitrogens with one attached hydrogen (secondary N) is 2. The molecule has 2 aromatic rings. The van der Waals surface area contributed by atoms with Gasteiger partial charge in [0.05, 0.1) is 5.56 Å². The van der Waals surface area contributed by atoms with Gasteiger partial charge in [-0.05, 0) is 63.4 Å². The summed E-state index contributed by atoms with van der Waals surface area (Å²) < 4.78 is 43.3. The number of pyridine rings is 1. The molecule has 1 fully saturated rings. The van der Waals surface area contributed by atoms with E-state index < -0.39 is 11.7 Å². The first kappa shape index (κ1) is 23.6. The van der Waals surface area contributed by atoms with Gasteiger partial charge in [0, 0.05) is 35.8 Å². The number of amides is 2. The minimum absolute atomic E-state index is 0.0168. The topological polar surface area (TPSA) is 80.3 Å². The second-order valence-electron chi connectivity index (χ2n) is 8.21. The van der Waals surface area contributed by atoms with Crippen LogP contribution in [-0.2, 0) is 11.0 Å². The Morgan fingerprint density at radius 2 is 1.81 bits per heavy atom. The molecule has 1 aliphatic carbocycles. The predicted octanol–water partition coefficient (Wildman–Crippen LogP) is 4.71. The summed E-state index contributed by atoms with van der Waals surface area (Å²) in [6, 6.07) is 8.27. The van der Waals surface area contributed by atoms with Crippen LogP contribution in [0.15, 0.2) is 42.6 Å². The number of halogens is 3. The van der Waals surface area contributed by atoms with E-state index in [1.165, 1.54) is 0 Å². The van der Waals surface area contributed by atoms with Crippen LogP contribution in [-0.4, -0.2) is 28.9 Å². The van der Waals surface area contributed by atoms with Gasteiger partial charge in [0.25, 0.3) is 5.91 Å². The Morgan fingerprint density at radius 1 is 1.09 bits per heavy atom. The summed E-state index contributed by atoms with van der Waals surface area (Å²) in [6.45, 7) is 3.84. The number of aromatic nitrogens is 1. The molecular weight excluding hydrogens is 423 g/mol. The van der Waals surface area contributed by atoms with Crippen molar-refractivity contribution in [2.24, 2.45) is 5.92 Å². The molecule has 2 amide bonds. The molecule has 0 saturated heterocycles. The molecule has 1 heterocycles. The van der Waals surface area contributed by atoms with Crippen molar-refractivity contribution >= 4 is 11.8 Å². The highest BCUT2D eigenvalue weighted by atomic mass is 19.4. The molecule has 32 heavy (non-hydrogen) atoms. The second-order valence-corrected chi connectivity index (χ2v) is 8.21. The highest BCUT2D eigenvalue weighted by Crippen LogP contribution is 2.30. The van der Waals surface area contributed by atoms with E-state index in [1.807, 2.05) is 13.8 Å². The van der Waals surface area contributed by atoms with E-state index in [0.717, 1.165) is 31.4 Å². The zero-order valence-electron chi connectivity index (χ0n) is 17.9. The average Bonchev–Trinajstić information content (AvgIpc) is 2.74.